The molecule has 3 N–H and O–H groups in total. The molecular formula is C17H24N2O2. The molecule has 1 aliphatic rings. The van der Waals surface area contributed by atoms with Gasteiger partial charge in [-0.15, -0.1) is 0 Å². The van der Waals surface area contributed by atoms with Crippen LogP contribution in [0.15, 0.2) is 24.4 Å². The van der Waals surface area contributed by atoms with E-state index in [9.17, 15) is 5.11 Å². The van der Waals surface area contributed by atoms with Crippen LogP contribution in [0.3, 0.4) is 0 Å². The Morgan fingerprint density at radius 1 is 1.33 bits per heavy atom. The lowest BCUT2D eigenvalue weighted by molar-refractivity contribution is 0.0932. The minimum atomic E-state index is -0.455. The van der Waals surface area contributed by atoms with E-state index in [4.69, 9.17) is 4.74 Å². The second kappa shape index (κ2) is 6.08. The van der Waals surface area contributed by atoms with Crippen molar-refractivity contribution in [1.29, 1.82) is 0 Å². The number of hydrogen-bond donors (Lipinski definition) is 3. The maximum Gasteiger partial charge on any atom is 0.129 e. The van der Waals surface area contributed by atoms with Crippen molar-refractivity contribution in [2.75, 3.05) is 13.1 Å². The molecule has 1 fully saturated rings. The smallest absolute Gasteiger partial charge is 0.129 e. The molecule has 4 nitrogen and oxygen atoms in total. The number of fused-ring (bicyclic) bond motifs is 1. The highest BCUT2D eigenvalue weighted by Crippen LogP contribution is 2.37. The quantitative estimate of drug-likeness (QED) is 0.810. The molecule has 2 unspecified atom stereocenters. The van der Waals surface area contributed by atoms with Gasteiger partial charge in [0.05, 0.1) is 12.2 Å². The van der Waals surface area contributed by atoms with Crippen molar-refractivity contribution in [2.24, 2.45) is 5.92 Å². The molecule has 2 aromatic rings. The van der Waals surface area contributed by atoms with Crippen LogP contribution in [0, 0.1) is 5.92 Å². The number of aromatic amines is 1. The normalized spacial score (nSPS) is 20.9. The second-order valence-electron chi connectivity index (χ2n) is 6.14. The monoisotopic (exact) mass is 288 g/mol. The van der Waals surface area contributed by atoms with Crippen molar-refractivity contribution in [3.8, 4) is 5.75 Å². The van der Waals surface area contributed by atoms with Gasteiger partial charge in [-0.25, -0.2) is 0 Å². The zero-order valence-electron chi connectivity index (χ0n) is 12.7. The first kappa shape index (κ1) is 14.4. The Kier molecular flexibility index (Phi) is 4.17. The minimum Gasteiger partial charge on any atom is -0.490 e. The highest BCUT2D eigenvalue weighted by molar-refractivity contribution is 5.89. The number of benzene rings is 1. The zero-order valence-corrected chi connectivity index (χ0v) is 12.7. The molecule has 2 heterocycles. The molecule has 4 heteroatoms. The van der Waals surface area contributed by atoms with Crippen molar-refractivity contribution in [3.05, 3.63) is 30.0 Å². The summed E-state index contributed by atoms with van der Waals surface area (Å²) in [5.74, 6) is 1.12. The van der Waals surface area contributed by atoms with Gasteiger partial charge in [-0.05, 0) is 45.4 Å². The third-order valence-corrected chi connectivity index (χ3v) is 4.16. The van der Waals surface area contributed by atoms with E-state index in [0.29, 0.717) is 0 Å². The molecule has 0 saturated carbocycles. The Hall–Kier alpha value is -1.52. The van der Waals surface area contributed by atoms with E-state index in [1.54, 1.807) is 0 Å². The van der Waals surface area contributed by atoms with Gasteiger partial charge < -0.3 is 20.1 Å². The molecule has 1 aliphatic heterocycles. The predicted octanol–water partition coefficient (Wildman–Crippen LogP) is 2.99. The van der Waals surface area contributed by atoms with Crippen LogP contribution in [0.25, 0.3) is 10.9 Å². The van der Waals surface area contributed by atoms with Crippen molar-refractivity contribution in [1.82, 2.24) is 10.3 Å². The minimum absolute atomic E-state index is 0.117. The number of aliphatic hydroxyl groups is 1. The molecule has 1 aromatic heterocycles. The van der Waals surface area contributed by atoms with E-state index in [-0.39, 0.29) is 12.0 Å². The summed E-state index contributed by atoms with van der Waals surface area (Å²) >= 11 is 0. The molecule has 3 rings (SSSR count). The fourth-order valence-corrected chi connectivity index (χ4v) is 3.16. The van der Waals surface area contributed by atoms with Crippen LogP contribution in [-0.4, -0.2) is 29.3 Å². The van der Waals surface area contributed by atoms with Gasteiger partial charge in [-0.1, -0.05) is 6.07 Å². The number of nitrogens with one attached hydrogen (secondary N) is 2. The van der Waals surface area contributed by atoms with Crippen LogP contribution in [0.5, 0.6) is 5.75 Å². The van der Waals surface area contributed by atoms with E-state index in [2.05, 4.69) is 10.3 Å². The summed E-state index contributed by atoms with van der Waals surface area (Å²) in [4.78, 5) is 3.26. The molecule has 2 atom stereocenters. The summed E-state index contributed by atoms with van der Waals surface area (Å²) in [7, 11) is 0. The average Bonchev–Trinajstić information content (AvgIpc) is 2.92. The van der Waals surface area contributed by atoms with Crippen molar-refractivity contribution < 1.29 is 9.84 Å². The lowest BCUT2D eigenvalue weighted by Gasteiger charge is -2.27. The Morgan fingerprint density at radius 2 is 2.19 bits per heavy atom. The predicted molar refractivity (Wildman–Crippen MR) is 84.6 cm³/mol. The second-order valence-corrected chi connectivity index (χ2v) is 6.14. The summed E-state index contributed by atoms with van der Waals surface area (Å²) < 4.78 is 5.92. The standard InChI is InChI=1S/C17H24N2O2/c1-11(2)21-15-7-3-6-14-16(15)13(10-19-14)17(20)12-5-4-8-18-9-12/h3,6-7,10-12,17-20H,4-5,8-9H2,1-2H3. The number of ether oxygens (including phenoxy) is 1. The summed E-state index contributed by atoms with van der Waals surface area (Å²) in [5, 5.41) is 15.2. The van der Waals surface area contributed by atoms with Gasteiger partial charge in [0.2, 0.25) is 0 Å². The molecule has 0 radical (unpaired) electrons. The summed E-state index contributed by atoms with van der Waals surface area (Å²) in [6.45, 7) is 5.97. The number of aliphatic hydroxyl groups excluding tert-OH is 1. The zero-order chi connectivity index (χ0) is 14.8. The van der Waals surface area contributed by atoms with Crippen LogP contribution in [0.2, 0.25) is 0 Å². The SMILES string of the molecule is CC(C)Oc1cccc2[nH]cc(C(O)C3CCCNC3)c12. The molecule has 21 heavy (non-hydrogen) atoms. The fourth-order valence-electron chi connectivity index (χ4n) is 3.16. The Bertz CT molecular complexity index is 600. The molecule has 1 aromatic carbocycles. The fraction of sp³-hybridized carbons (Fsp3) is 0.529. The number of hydrogen-bond acceptors (Lipinski definition) is 3. The highest BCUT2D eigenvalue weighted by Gasteiger charge is 2.26. The molecule has 0 amide bonds. The number of rotatable bonds is 4. The molecule has 0 bridgehead atoms. The molecule has 0 aliphatic carbocycles. The topological polar surface area (TPSA) is 57.3 Å². The van der Waals surface area contributed by atoms with Gasteiger partial charge in [0.25, 0.3) is 0 Å². The number of aromatic nitrogens is 1. The summed E-state index contributed by atoms with van der Waals surface area (Å²) in [6.07, 6.45) is 3.78. The van der Waals surface area contributed by atoms with Crippen LogP contribution in [0.1, 0.15) is 38.4 Å². The maximum atomic E-state index is 10.8. The van der Waals surface area contributed by atoms with Gasteiger partial charge in [0.15, 0.2) is 0 Å². The summed E-state index contributed by atoms with van der Waals surface area (Å²) in [6, 6.07) is 5.98. The van der Waals surface area contributed by atoms with Crippen LogP contribution in [0.4, 0.5) is 0 Å². The van der Waals surface area contributed by atoms with Gasteiger partial charge >= 0.3 is 0 Å². The maximum absolute atomic E-state index is 10.8. The Balaban J connectivity index is 1.97. The number of H-pyrrole nitrogens is 1. The van der Waals surface area contributed by atoms with E-state index < -0.39 is 6.10 Å². The Labute approximate surface area is 125 Å². The van der Waals surface area contributed by atoms with Crippen LogP contribution in [-0.2, 0) is 0 Å². The van der Waals surface area contributed by atoms with Gasteiger partial charge in [0, 0.05) is 35.1 Å². The van der Waals surface area contributed by atoms with E-state index in [1.807, 2.05) is 38.2 Å². The van der Waals surface area contributed by atoms with Crippen LogP contribution >= 0.6 is 0 Å². The lowest BCUT2D eigenvalue weighted by atomic mass is 9.89. The Morgan fingerprint density at radius 3 is 2.90 bits per heavy atom. The van der Waals surface area contributed by atoms with E-state index in [1.165, 1.54) is 0 Å². The van der Waals surface area contributed by atoms with Crippen molar-refractivity contribution in [2.45, 2.75) is 38.9 Å². The van der Waals surface area contributed by atoms with Crippen molar-refractivity contribution in [3.63, 3.8) is 0 Å². The first-order chi connectivity index (χ1) is 10.2. The van der Waals surface area contributed by atoms with Crippen LogP contribution < -0.4 is 10.1 Å². The first-order valence-electron chi connectivity index (χ1n) is 7.82. The largest absolute Gasteiger partial charge is 0.490 e. The molecular weight excluding hydrogens is 264 g/mol. The van der Waals surface area contributed by atoms with Crippen molar-refractivity contribution >= 4 is 10.9 Å². The third kappa shape index (κ3) is 2.92. The first-order valence-corrected chi connectivity index (χ1v) is 7.82. The van der Waals surface area contributed by atoms with E-state index >= 15 is 0 Å². The average molecular weight is 288 g/mol. The van der Waals surface area contributed by atoms with Gasteiger partial charge in [-0.2, -0.15) is 0 Å². The number of piperidine rings is 1. The lowest BCUT2D eigenvalue weighted by Crippen LogP contribution is -2.33. The highest BCUT2D eigenvalue weighted by atomic mass is 16.5. The molecule has 0 spiro atoms. The summed E-state index contributed by atoms with van der Waals surface area (Å²) in [5.41, 5.74) is 1.97. The third-order valence-electron chi connectivity index (χ3n) is 4.16. The van der Waals surface area contributed by atoms with Gasteiger partial charge in [0.1, 0.15) is 5.75 Å². The molecule has 1 saturated heterocycles. The van der Waals surface area contributed by atoms with Gasteiger partial charge in [-0.3, -0.25) is 0 Å². The van der Waals surface area contributed by atoms with E-state index in [0.717, 1.165) is 48.1 Å². The molecule has 114 valence electrons.